The van der Waals surface area contributed by atoms with Crippen LogP contribution in [-0.4, -0.2) is 20.4 Å². The monoisotopic (exact) mass is 614 g/mol. The Kier molecular flexibility index (Phi) is 6.99. The molecule has 0 amide bonds. The molecule has 8 rings (SSSR count). The van der Waals surface area contributed by atoms with Gasteiger partial charge in [0.2, 0.25) is 5.82 Å². The quantitative estimate of drug-likeness (QED) is 0.168. The van der Waals surface area contributed by atoms with Crippen LogP contribution in [-0.2, 0) is 6.61 Å². The van der Waals surface area contributed by atoms with Gasteiger partial charge in [0.05, 0.1) is 17.1 Å². The second-order valence-electron chi connectivity index (χ2n) is 11.5. The SMILES string of the molecule is Cc1cc(C=Nn2c(-c3cc4ccccc4o3)nc3ccccc3c2=O)c(C)n1-c1ccc(OCc2cccc3ccccc23)cc1. The molecule has 0 spiro atoms. The van der Waals surface area contributed by atoms with E-state index in [9.17, 15) is 4.79 Å². The Morgan fingerprint density at radius 1 is 0.787 bits per heavy atom. The van der Waals surface area contributed by atoms with Crippen molar-refractivity contribution in [1.29, 1.82) is 0 Å². The van der Waals surface area contributed by atoms with Gasteiger partial charge in [-0.05, 0) is 84.8 Å². The van der Waals surface area contributed by atoms with Crippen LogP contribution in [0.4, 0.5) is 0 Å². The molecular weight excluding hydrogens is 584 g/mol. The summed E-state index contributed by atoms with van der Waals surface area (Å²) in [5, 5.41) is 8.51. The normalized spacial score (nSPS) is 11.7. The van der Waals surface area contributed by atoms with Crippen molar-refractivity contribution in [3.05, 3.63) is 160 Å². The van der Waals surface area contributed by atoms with Crippen LogP contribution < -0.4 is 10.3 Å². The van der Waals surface area contributed by atoms with E-state index in [1.54, 1.807) is 12.3 Å². The van der Waals surface area contributed by atoms with Gasteiger partial charge in [0.1, 0.15) is 17.9 Å². The molecule has 0 bridgehead atoms. The fraction of sp³-hybridized carbons (Fsp3) is 0.0750. The van der Waals surface area contributed by atoms with Crippen LogP contribution in [0.15, 0.2) is 142 Å². The van der Waals surface area contributed by atoms with Gasteiger partial charge in [0, 0.05) is 28.0 Å². The number of rotatable bonds is 7. The standard InChI is InChI=1S/C40H30N4O3/c1-26-22-31(27(2)43(26)32-18-20-33(21-19-32)46-25-30-13-9-12-28-10-3-5-14-34(28)30)24-41-44-39(38-23-29-11-4-8-17-37(29)47-38)42-36-16-7-6-15-35(36)40(44)45/h3-24H,25H2,1-2H3. The molecule has 7 heteroatoms. The number of hydrogen-bond donors (Lipinski definition) is 0. The second kappa shape index (κ2) is 11.6. The number of aromatic nitrogens is 3. The number of ether oxygens (including phenoxy) is 1. The number of para-hydroxylation sites is 2. The summed E-state index contributed by atoms with van der Waals surface area (Å²) in [6.45, 7) is 4.58. The van der Waals surface area contributed by atoms with Gasteiger partial charge in [-0.2, -0.15) is 9.78 Å². The maximum atomic E-state index is 13.7. The topological polar surface area (TPSA) is 74.5 Å². The highest BCUT2D eigenvalue weighted by Gasteiger charge is 2.17. The van der Waals surface area contributed by atoms with Crippen molar-refractivity contribution < 1.29 is 9.15 Å². The van der Waals surface area contributed by atoms with Crippen molar-refractivity contribution in [3.8, 4) is 23.0 Å². The molecule has 228 valence electrons. The smallest absolute Gasteiger partial charge is 0.282 e. The maximum absolute atomic E-state index is 13.7. The molecule has 47 heavy (non-hydrogen) atoms. The average Bonchev–Trinajstić information content (AvgIpc) is 3.66. The number of benzene rings is 5. The van der Waals surface area contributed by atoms with Gasteiger partial charge in [-0.3, -0.25) is 4.79 Å². The number of aryl methyl sites for hydroxylation is 1. The minimum Gasteiger partial charge on any atom is -0.489 e. The largest absolute Gasteiger partial charge is 0.489 e. The third-order valence-electron chi connectivity index (χ3n) is 8.55. The lowest BCUT2D eigenvalue weighted by atomic mass is 10.1. The minimum atomic E-state index is -0.268. The lowest BCUT2D eigenvalue weighted by molar-refractivity contribution is 0.307. The molecule has 0 unspecified atom stereocenters. The highest BCUT2D eigenvalue weighted by atomic mass is 16.5. The van der Waals surface area contributed by atoms with Crippen molar-refractivity contribution >= 4 is 38.9 Å². The Morgan fingerprint density at radius 3 is 2.34 bits per heavy atom. The first kappa shape index (κ1) is 28.3. The van der Waals surface area contributed by atoms with Crippen molar-refractivity contribution in [3.63, 3.8) is 0 Å². The third-order valence-corrected chi connectivity index (χ3v) is 8.55. The summed E-state index contributed by atoms with van der Waals surface area (Å²) in [6.07, 6.45) is 1.71. The lowest BCUT2D eigenvalue weighted by Crippen LogP contribution is -2.20. The van der Waals surface area contributed by atoms with E-state index in [1.807, 2.05) is 67.6 Å². The Bertz CT molecular complexity index is 2480. The number of furan rings is 1. The molecule has 0 aliphatic heterocycles. The summed E-state index contributed by atoms with van der Waals surface area (Å²) in [4.78, 5) is 18.5. The third kappa shape index (κ3) is 5.17. The van der Waals surface area contributed by atoms with Gasteiger partial charge in [-0.15, -0.1) is 0 Å². The molecule has 0 aliphatic carbocycles. The van der Waals surface area contributed by atoms with Gasteiger partial charge >= 0.3 is 0 Å². The molecule has 0 fully saturated rings. The maximum Gasteiger partial charge on any atom is 0.282 e. The summed E-state index contributed by atoms with van der Waals surface area (Å²) in [7, 11) is 0. The number of fused-ring (bicyclic) bond motifs is 3. The van der Waals surface area contributed by atoms with Gasteiger partial charge in [-0.25, -0.2) is 4.98 Å². The minimum absolute atomic E-state index is 0.268. The van der Waals surface area contributed by atoms with E-state index in [1.165, 1.54) is 15.4 Å². The zero-order valence-electron chi connectivity index (χ0n) is 25.9. The molecular formula is C40H30N4O3. The highest BCUT2D eigenvalue weighted by Crippen LogP contribution is 2.28. The second-order valence-corrected chi connectivity index (χ2v) is 11.5. The summed E-state index contributed by atoms with van der Waals surface area (Å²) in [5.74, 6) is 1.61. The summed E-state index contributed by atoms with van der Waals surface area (Å²) in [6, 6.07) is 41.7. The molecule has 0 saturated carbocycles. The Morgan fingerprint density at radius 2 is 1.51 bits per heavy atom. The first-order valence-corrected chi connectivity index (χ1v) is 15.5. The molecule has 0 radical (unpaired) electrons. The first-order chi connectivity index (χ1) is 23.0. The van der Waals surface area contributed by atoms with Gasteiger partial charge in [0.15, 0.2) is 5.76 Å². The molecule has 0 aliphatic rings. The van der Waals surface area contributed by atoms with Crippen LogP contribution in [0.3, 0.4) is 0 Å². The van der Waals surface area contributed by atoms with E-state index in [0.29, 0.717) is 34.7 Å². The summed E-state index contributed by atoms with van der Waals surface area (Å²) >= 11 is 0. The predicted molar refractivity (Wildman–Crippen MR) is 188 cm³/mol. The summed E-state index contributed by atoms with van der Waals surface area (Å²) in [5.41, 5.74) is 6.10. The predicted octanol–water partition coefficient (Wildman–Crippen LogP) is 8.83. The van der Waals surface area contributed by atoms with E-state index in [2.05, 4.69) is 72.2 Å². The molecule has 3 heterocycles. The molecule has 7 nitrogen and oxygen atoms in total. The van der Waals surface area contributed by atoms with E-state index < -0.39 is 0 Å². The van der Waals surface area contributed by atoms with Crippen molar-refractivity contribution in [1.82, 2.24) is 14.2 Å². The molecule has 8 aromatic rings. The average molecular weight is 615 g/mol. The van der Waals surface area contributed by atoms with Gasteiger partial charge < -0.3 is 13.7 Å². The van der Waals surface area contributed by atoms with E-state index in [4.69, 9.17) is 19.2 Å². The number of nitrogens with zero attached hydrogens (tertiary/aromatic N) is 4. The van der Waals surface area contributed by atoms with Crippen molar-refractivity contribution in [2.45, 2.75) is 20.5 Å². The van der Waals surface area contributed by atoms with Crippen LogP contribution in [0.5, 0.6) is 5.75 Å². The Labute approximate surface area is 270 Å². The van der Waals surface area contributed by atoms with Gasteiger partial charge in [0.25, 0.3) is 5.56 Å². The van der Waals surface area contributed by atoms with Crippen molar-refractivity contribution in [2.75, 3.05) is 0 Å². The van der Waals surface area contributed by atoms with Crippen LogP contribution in [0.25, 0.3) is 49.9 Å². The fourth-order valence-corrected chi connectivity index (χ4v) is 6.19. The molecule has 0 saturated heterocycles. The van der Waals surface area contributed by atoms with E-state index >= 15 is 0 Å². The first-order valence-electron chi connectivity index (χ1n) is 15.5. The summed E-state index contributed by atoms with van der Waals surface area (Å²) < 4.78 is 15.8. The fourth-order valence-electron chi connectivity index (χ4n) is 6.19. The molecule has 3 aromatic heterocycles. The van der Waals surface area contributed by atoms with Crippen LogP contribution in [0.2, 0.25) is 0 Å². The van der Waals surface area contributed by atoms with Crippen LogP contribution in [0, 0.1) is 13.8 Å². The Balaban J connectivity index is 1.10. The highest BCUT2D eigenvalue weighted by molar-refractivity contribution is 5.86. The van der Waals surface area contributed by atoms with E-state index in [-0.39, 0.29) is 5.56 Å². The van der Waals surface area contributed by atoms with Crippen LogP contribution in [0.1, 0.15) is 22.5 Å². The molecule has 0 N–H and O–H groups in total. The zero-order chi connectivity index (χ0) is 31.9. The van der Waals surface area contributed by atoms with E-state index in [0.717, 1.165) is 39.3 Å². The number of hydrogen-bond acceptors (Lipinski definition) is 5. The van der Waals surface area contributed by atoms with Crippen molar-refractivity contribution in [2.24, 2.45) is 5.10 Å². The lowest BCUT2D eigenvalue weighted by Gasteiger charge is -2.12. The zero-order valence-corrected chi connectivity index (χ0v) is 25.9. The Hall–Kier alpha value is -6.21. The molecule has 0 atom stereocenters. The van der Waals surface area contributed by atoms with Crippen LogP contribution >= 0.6 is 0 Å². The molecule has 5 aromatic carbocycles. The van der Waals surface area contributed by atoms with Gasteiger partial charge in [-0.1, -0.05) is 72.8 Å².